The minimum Gasteiger partial charge on any atom is -0.497 e. The van der Waals surface area contributed by atoms with Gasteiger partial charge in [0.1, 0.15) is 5.75 Å². The van der Waals surface area contributed by atoms with Crippen LogP contribution in [0.5, 0.6) is 5.75 Å². The van der Waals surface area contributed by atoms with Gasteiger partial charge in [-0.2, -0.15) is 0 Å². The predicted molar refractivity (Wildman–Crippen MR) is 91.3 cm³/mol. The second-order valence-corrected chi connectivity index (χ2v) is 5.47. The molecule has 0 saturated carbocycles. The van der Waals surface area contributed by atoms with Crippen molar-refractivity contribution in [2.45, 2.75) is 26.3 Å². The molecule has 0 aliphatic heterocycles. The van der Waals surface area contributed by atoms with Gasteiger partial charge in [0, 0.05) is 17.2 Å². The van der Waals surface area contributed by atoms with E-state index in [1.807, 2.05) is 31.2 Å². The first-order valence-corrected chi connectivity index (χ1v) is 7.66. The number of hydrogen-bond acceptors (Lipinski definition) is 4. The van der Waals surface area contributed by atoms with E-state index in [9.17, 15) is 14.9 Å². The topological polar surface area (TPSA) is 81.5 Å². The Kier molecular flexibility index (Phi) is 5.52. The highest BCUT2D eigenvalue weighted by Gasteiger charge is 2.18. The smallest absolute Gasteiger partial charge is 0.273 e. The molecule has 0 saturated heterocycles. The van der Waals surface area contributed by atoms with Gasteiger partial charge in [0.15, 0.2) is 0 Å². The van der Waals surface area contributed by atoms with Gasteiger partial charge < -0.3 is 10.1 Å². The summed E-state index contributed by atoms with van der Waals surface area (Å²) in [4.78, 5) is 23.0. The minimum atomic E-state index is -0.479. The Labute approximate surface area is 140 Å². The van der Waals surface area contributed by atoms with Gasteiger partial charge in [-0.05, 0) is 37.1 Å². The molecule has 2 aromatic carbocycles. The van der Waals surface area contributed by atoms with Crippen LogP contribution in [0.3, 0.4) is 0 Å². The number of nitrogens with one attached hydrogen (secondary N) is 1. The van der Waals surface area contributed by atoms with Gasteiger partial charge in [-0.25, -0.2) is 0 Å². The van der Waals surface area contributed by atoms with Crippen molar-refractivity contribution in [1.29, 1.82) is 0 Å². The fraction of sp³-hybridized carbons (Fsp3) is 0.278. The molecule has 0 unspecified atom stereocenters. The summed E-state index contributed by atoms with van der Waals surface area (Å²) in [5.74, 6) is 0.412. The maximum absolute atomic E-state index is 12.4. The van der Waals surface area contributed by atoms with Gasteiger partial charge in [0.2, 0.25) is 0 Å². The number of rotatable bonds is 6. The number of carbonyl (C=O) groups is 1. The van der Waals surface area contributed by atoms with E-state index in [4.69, 9.17) is 4.74 Å². The molecule has 0 spiro atoms. The zero-order chi connectivity index (χ0) is 17.7. The highest BCUT2D eigenvalue weighted by molar-refractivity contribution is 5.95. The second kappa shape index (κ2) is 7.59. The third-order valence-electron chi connectivity index (χ3n) is 3.90. The number of ether oxygens (including phenoxy) is 1. The average molecular weight is 328 g/mol. The summed E-state index contributed by atoms with van der Waals surface area (Å²) < 4.78 is 5.13. The summed E-state index contributed by atoms with van der Waals surface area (Å²) >= 11 is 0. The number of amides is 1. The van der Waals surface area contributed by atoms with Crippen LogP contribution in [0.4, 0.5) is 5.69 Å². The molecule has 2 aromatic rings. The van der Waals surface area contributed by atoms with Crippen LogP contribution >= 0.6 is 0 Å². The number of nitrogens with zero attached hydrogens (tertiary/aromatic N) is 1. The third-order valence-corrected chi connectivity index (χ3v) is 3.90. The van der Waals surface area contributed by atoms with E-state index in [2.05, 4.69) is 5.32 Å². The minimum absolute atomic E-state index is 0.0554. The van der Waals surface area contributed by atoms with Crippen LogP contribution in [0.25, 0.3) is 0 Å². The van der Waals surface area contributed by atoms with Gasteiger partial charge in [-0.3, -0.25) is 14.9 Å². The molecule has 0 fully saturated rings. The first-order valence-electron chi connectivity index (χ1n) is 7.66. The standard InChI is InChI=1S/C18H20N2O4/c1-4-16(13-7-9-15(24-3)10-8-13)19-18(21)14-6-5-12(2)17(11-14)20(22)23/h5-11,16H,4H2,1-3H3,(H,19,21)/t16-/m1/s1. The zero-order valence-corrected chi connectivity index (χ0v) is 13.9. The van der Waals surface area contributed by atoms with Crippen LogP contribution in [0.15, 0.2) is 42.5 Å². The van der Waals surface area contributed by atoms with Crippen molar-refractivity contribution in [1.82, 2.24) is 5.32 Å². The zero-order valence-electron chi connectivity index (χ0n) is 13.9. The Morgan fingerprint density at radius 1 is 1.25 bits per heavy atom. The van der Waals surface area contributed by atoms with Crippen LogP contribution in [0.2, 0.25) is 0 Å². The largest absolute Gasteiger partial charge is 0.497 e. The molecule has 1 atom stereocenters. The van der Waals surface area contributed by atoms with Gasteiger partial charge >= 0.3 is 0 Å². The van der Waals surface area contributed by atoms with Gasteiger partial charge in [-0.1, -0.05) is 25.1 Å². The summed E-state index contributed by atoms with van der Waals surface area (Å²) in [5, 5.41) is 13.9. The Morgan fingerprint density at radius 2 is 1.92 bits per heavy atom. The molecular weight excluding hydrogens is 308 g/mol. The average Bonchev–Trinajstić information content (AvgIpc) is 2.59. The number of aryl methyl sites for hydroxylation is 1. The molecule has 6 nitrogen and oxygen atoms in total. The van der Waals surface area contributed by atoms with E-state index in [0.29, 0.717) is 12.0 Å². The molecule has 24 heavy (non-hydrogen) atoms. The molecule has 0 heterocycles. The van der Waals surface area contributed by atoms with E-state index in [0.717, 1.165) is 11.3 Å². The molecule has 0 aliphatic carbocycles. The van der Waals surface area contributed by atoms with E-state index in [-0.39, 0.29) is 23.2 Å². The van der Waals surface area contributed by atoms with Crippen molar-refractivity contribution in [3.63, 3.8) is 0 Å². The normalized spacial score (nSPS) is 11.6. The Balaban J connectivity index is 2.19. The van der Waals surface area contributed by atoms with Crippen molar-refractivity contribution in [2.75, 3.05) is 7.11 Å². The van der Waals surface area contributed by atoms with Crippen molar-refractivity contribution in [2.24, 2.45) is 0 Å². The molecule has 0 radical (unpaired) electrons. The molecule has 1 amide bonds. The van der Waals surface area contributed by atoms with Crippen LogP contribution in [-0.4, -0.2) is 17.9 Å². The van der Waals surface area contributed by atoms with E-state index >= 15 is 0 Å². The summed E-state index contributed by atoms with van der Waals surface area (Å²) in [5.41, 5.74) is 1.70. The number of nitro groups is 1. The van der Waals surface area contributed by atoms with E-state index in [1.165, 1.54) is 6.07 Å². The second-order valence-electron chi connectivity index (χ2n) is 5.47. The summed E-state index contributed by atoms with van der Waals surface area (Å²) in [6.07, 6.45) is 0.700. The number of benzene rings is 2. The maximum atomic E-state index is 12.4. The monoisotopic (exact) mass is 328 g/mol. The fourth-order valence-corrected chi connectivity index (χ4v) is 2.45. The lowest BCUT2D eigenvalue weighted by molar-refractivity contribution is -0.385. The predicted octanol–water partition coefficient (Wildman–Crippen LogP) is 3.79. The fourth-order valence-electron chi connectivity index (χ4n) is 2.45. The van der Waals surface area contributed by atoms with Crippen molar-refractivity contribution in [3.05, 3.63) is 69.3 Å². The van der Waals surface area contributed by atoms with Crippen LogP contribution in [0.1, 0.15) is 40.9 Å². The Hall–Kier alpha value is -2.89. The maximum Gasteiger partial charge on any atom is 0.273 e. The van der Waals surface area contributed by atoms with Crippen molar-refractivity contribution >= 4 is 11.6 Å². The summed E-state index contributed by atoms with van der Waals surface area (Å²) in [7, 11) is 1.60. The third kappa shape index (κ3) is 3.90. The highest BCUT2D eigenvalue weighted by Crippen LogP contribution is 2.22. The van der Waals surface area contributed by atoms with Crippen LogP contribution in [0, 0.1) is 17.0 Å². The first-order chi connectivity index (χ1) is 11.5. The molecule has 0 aliphatic rings. The van der Waals surface area contributed by atoms with Crippen LogP contribution < -0.4 is 10.1 Å². The van der Waals surface area contributed by atoms with E-state index in [1.54, 1.807) is 26.2 Å². The molecule has 6 heteroatoms. The Bertz CT molecular complexity index is 741. The van der Waals surface area contributed by atoms with Crippen molar-refractivity contribution in [3.8, 4) is 5.75 Å². The molecular formula is C18H20N2O4. The summed E-state index contributed by atoms with van der Waals surface area (Å²) in [6, 6.07) is 11.8. The number of nitro benzene ring substituents is 1. The van der Waals surface area contributed by atoms with E-state index < -0.39 is 4.92 Å². The van der Waals surface area contributed by atoms with Gasteiger partial charge in [-0.15, -0.1) is 0 Å². The molecule has 126 valence electrons. The lowest BCUT2D eigenvalue weighted by Gasteiger charge is -2.18. The van der Waals surface area contributed by atoms with Crippen LogP contribution in [-0.2, 0) is 0 Å². The number of carbonyl (C=O) groups excluding carboxylic acids is 1. The molecule has 0 aromatic heterocycles. The Morgan fingerprint density at radius 3 is 2.46 bits per heavy atom. The quantitative estimate of drug-likeness (QED) is 0.646. The van der Waals surface area contributed by atoms with Gasteiger partial charge in [0.05, 0.1) is 18.1 Å². The molecule has 0 bridgehead atoms. The number of hydrogen-bond donors (Lipinski definition) is 1. The number of methoxy groups -OCH3 is 1. The molecule has 2 rings (SSSR count). The summed E-state index contributed by atoms with van der Waals surface area (Å²) in [6.45, 7) is 3.61. The first kappa shape index (κ1) is 17.5. The molecule has 1 N–H and O–H groups in total. The SMILES string of the molecule is CC[C@@H](NC(=O)c1ccc(C)c([N+](=O)[O-])c1)c1ccc(OC)cc1. The highest BCUT2D eigenvalue weighted by atomic mass is 16.6. The van der Waals surface area contributed by atoms with Gasteiger partial charge in [0.25, 0.3) is 11.6 Å². The van der Waals surface area contributed by atoms with Crippen molar-refractivity contribution < 1.29 is 14.5 Å². The lowest BCUT2D eigenvalue weighted by atomic mass is 10.0. The lowest BCUT2D eigenvalue weighted by Crippen LogP contribution is -2.28.